The van der Waals surface area contributed by atoms with Crippen LogP contribution in [0.1, 0.15) is 0 Å². The van der Waals surface area contributed by atoms with Crippen LogP contribution in [0.3, 0.4) is 0 Å². The van der Waals surface area contributed by atoms with Gasteiger partial charge in [0.25, 0.3) is 0 Å². The summed E-state index contributed by atoms with van der Waals surface area (Å²) >= 11 is 0. The Hall–Kier alpha value is 0.215. The molecule has 0 heterocycles. The van der Waals surface area contributed by atoms with Gasteiger partial charge < -0.3 is 54.7 Å². The first-order chi connectivity index (χ1) is 7.02. The molecular formula is C4H3BLi4O11. The van der Waals surface area contributed by atoms with Crippen LogP contribution in [-0.2, 0) is 19.2 Å². The SMILES string of the molecule is O=C([O-])C(=O)[O-].O=C([O-])C(=O)[O-].OB(O)O.[Li+].[Li+].[Li+].[Li+]. The van der Waals surface area contributed by atoms with E-state index in [1.54, 1.807) is 0 Å². The third-order valence-corrected chi connectivity index (χ3v) is 0.333. The van der Waals surface area contributed by atoms with E-state index < -0.39 is 31.2 Å². The van der Waals surface area contributed by atoms with Crippen LogP contribution in [-0.4, -0.2) is 46.3 Å². The van der Waals surface area contributed by atoms with Gasteiger partial charge >= 0.3 is 82.8 Å². The molecule has 92 valence electrons. The quantitative estimate of drug-likeness (QED) is 0.275. The van der Waals surface area contributed by atoms with Gasteiger partial charge in [0, 0.05) is 0 Å². The van der Waals surface area contributed by atoms with E-state index >= 15 is 0 Å². The average molecular weight is 266 g/mol. The van der Waals surface area contributed by atoms with Gasteiger partial charge in [0.1, 0.15) is 0 Å². The Morgan fingerprint density at radius 2 is 0.600 bits per heavy atom. The summed E-state index contributed by atoms with van der Waals surface area (Å²) < 4.78 is 0. The van der Waals surface area contributed by atoms with E-state index in [1.165, 1.54) is 0 Å². The van der Waals surface area contributed by atoms with E-state index in [0.29, 0.717) is 0 Å². The van der Waals surface area contributed by atoms with E-state index in [9.17, 15) is 0 Å². The van der Waals surface area contributed by atoms with E-state index in [0.717, 1.165) is 0 Å². The van der Waals surface area contributed by atoms with E-state index in [1.807, 2.05) is 0 Å². The number of carbonyl (C=O) groups is 4. The monoisotopic (exact) mass is 266 g/mol. The second kappa shape index (κ2) is 27.5. The number of hydrogen-bond acceptors (Lipinski definition) is 11. The van der Waals surface area contributed by atoms with E-state index in [2.05, 4.69) is 0 Å². The number of carboxylic acids is 4. The molecule has 0 aliphatic rings. The fraction of sp³-hybridized carbons (Fsp3) is 0. The van der Waals surface area contributed by atoms with Crippen LogP contribution in [0.25, 0.3) is 0 Å². The maximum atomic E-state index is 8.93. The van der Waals surface area contributed by atoms with Crippen molar-refractivity contribution < 1.29 is 130 Å². The van der Waals surface area contributed by atoms with Crippen LogP contribution < -0.4 is 95.9 Å². The van der Waals surface area contributed by atoms with Gasteiger partial charge in [-0.25, -0.2) is 0 Å². The zero-order chi connectivity index (χ0) is 13.9. The molecule has 0 spiro atoms. The summed E-state index contributed by atoms with van der Waals surface area (Å²) in [5.41, 5.74) is 0. The average Bonchev–Trinajstić information content (AvgIpc) is 2.03. The van der Waals surface area contributed by atoms with Crippen molar-refractivity contribution in [3.63, 3.8) is 0 Å². The van der Waals surface area contributed by atoms with Crippen LogP contribution >= 0.6 is 0 Å². The normalized spacial score (nSPS) is 5.75. The molecule has 0 radical (unpaired) electrons. The van der Waals surface area contributed by atoms with E-state index in [-0.39, 0.29) is 75.4 Å². The van der Waals surface area contributed by atoms with Gasteiger partial charge in [0.05, 0.1) is 23.9 Å². The fourth-order valence-corrected chi connectivity index (χ4v) is 0. The second-order valence-electron chi connectivity index (χ2n) is 1.50. The minimum atomic E-state index is -2.19. The van der Waals surface area contributed by atoms with Crippen molar-refractivity contribution in [2.45, 2.75) is 0 Å². The molecule has 0 aliphatic carbocycles. The molecule has 16 heteroatoms. The minimum absolute atomic E-state index is 0. The van der Waals surface area contributed by atoms with Crippen molar-refractivity contribution in [3.8, 4) is 0 Å². The van der Waals surface area contributed by atoms with Gasteiger partial charge in [0.15, 0.2) is 0 Å². The van der Waals surface area contributed by atoms with Crippen molar-refractivity contribution >= 4 is 31.2 Å². The number of rotatable bonds is 0. The molecule has 0 aromatic rings. The number of carboxylic acid groups (broad SMARTS) is 4. The summed E-state index contributed by atoms with van der Waals surface area (Å²) in [6.45, 7) is 0. The smallest absolute Gasteiger partial charge is 0.543 e. The molecule has 11 nitrogen and oxygen atoms in total. The molecule has 0 fully saturated rings. The molecule has 20 heavy (non-hydrogen) atoms. The van der Waals surface area contributed by atoms with Crippen LogP contribution in [0.2, 0.25) is 0 Å². The van der Waals surface area contributed by atoms with Crippen LogP contribution in [0.4, 0.5) is 0 Å². The molecule has 0 rings (SSSR count). The first kappa shape index (κ1) is 42.7. The summed E-state index contributed by atoms with van der Waals surface area (Å²) in [6.07, 6.45) is 0. The summed E-state index contributed by atoms with van der Waals surface area (Å²) in [4.78, 5) is 35.7. The van der Waals surface area contributed by atoms with Gasteiger partial charge in [-0.05, 0) is 0 Å². The summed E-state index contributed by atoms with van der Waals surface area (Å²) in [5, 5.41) is 57.2. The van der Waals surface area contributed by atoms with Crippen LogP contribution in [0.5, 0.6) is 0 Å². The van der Waals surface area contributed by atoms with Crippen molar-refractivity contribution in [1.29, 1.82) is 0 Å². The van der Waals surface area contributed by atoms with E-state index in [4.69, 9.17) is 54.7 Å². The molecule has 0 aliphatic heterocycles. The maximum Gasteiger partial charge on any atom is 1.00 e. The molecule has 0 saturated heterocycles. The largest absolute Gasteiger partial charge is 1.00 e. The zero-order valence-electron chi connectivity index (χ0n) is 11.2. The van der Waals surface area contributed by atoms with Gasteiger partial charge in [-0.3, -0.25) is 0 Å². The van der Waals surface area contributed by atoms with Gasteiger partial charge in [0.2, 0.25) is 0 Å². The molecule has 0 amide bonds. The standard InChI is InChI=1S/2C2H2O4.BH3O3.4Li/c2*3-1(4)2(5)6;2-1(3)4;;;;/h2*(H,3,4)(H,5,6);2-4H;;;;/q;;;4*+1/p-4. The Bertz CT molecular complexity index is 220. The summed E-state index contributed by atoms with van der Waals surface area (Å²) in [5.74, 6) is -8.74. The fourth-order valence-electron chi connectivity index (χ4n) is 0. The Kier molecular flexibility index (Phi) is 58.8. The molecule has 0 unspecified atom stereocenters. The van der Waals surface area contributed by atoms with Gasteiger partial charge in [-0.2, -0.15) is 0 Å². The minimum Gasteiger partial charge on any atom is -0.543 e. The van der Waals surface area contributed by atoms with Crippen molar-refractivity contribution in [1.82, 2.24) is 0 Å². The zero-order valence-corrected chi connectivity index (χ0v) is 11.2. The Morgan fingerprint density at radius 1 is 0.550 bits per heavy atom. The van der Waals surface area contributed by atoms with Gasteiger partial charge in [-0.15, -0.1) is 0 Å². The third kappa shape index (κ3) is 80.0. The number of hydrogen-bond donors (Lipinski definition) is 3. The summed E-state index contributed by atoms with van der Waals surface area (Å²) in [7, 11) is -2.17. The second-order valence-corrected chi connectivity index (χ2v) is 1.50. The molecule has 0 aromatic heterocycles. The number of aliphatic carboxylic acids is 4. The van der Waals surface area contributed by atoms with Crippen molar-refractivity contribution in [3.05, 3.63) is 0 Å². The third-order valence-electron chi connectivity index (χ3n) is 0.333. The van der Waals surface area contributed by atoms with Crippen molar-refractivity contribution in [2.24, 2.45) is 0 Å². The molecular weight excluding hydrogens is 263 g/mol. The predicted octanol–water partition coefficient (Wildman–Crippen LogP) is -21.1. The molecule has 3 N–H and O–H groups in total. The maximum absolute atomic E-state index is 8.93. The Labute approximate surface area is 160 Å². The van der Waals surface area contributed by atoms with Crippen LogP contribution in [0.15, 0.2) is 0 Å². The molecule has 0 aromatic carbocycles. The first-order valence-electron chi connectivity index (χ1n) is 2.91. The first-order valence-corrected chi connectivity index (χ1v) is 2.91. The molecule has 0 atom stereocenters. The molecule has 0 bridgehead atoms. The topological polar surface area (TPSA) is 221 Å². The number of carbonyl (C=O) groups excluding carboxylic acids is 4. The van der Waals surface area contributed by atoms with Crippen LogP contribution in [0, 0.1) is 0 Å². The Balaban J connectivity index is -0.0000000234. The van der Waals surface area contributed by atoms with Gasteiger partial charge in [-0.1, -0.05) is 0 Å². The molecule has 0 saturated carbocycles. The Morgan fingerprint density at radius 3 is 0.600 bits per heavy atom. The van der Waals surface area contributed by atoms with Crippen molar-refractivity contribution in [2.75, 3.05) is 0 Å². The summed E-state index contributed by atoms with van der Waals surface area (Å²) in [6, 6.07) is 0. The predicted molar refractivity (Wildman–Crippen MR) is 32.4 cm³/mol.